The minimum Gasteiger partial charge on any atom is -0.501 e. The molecule has 1 N–H and O–H groups in total. The van der Waals surface area contributed by atoms with Gasteiger partial charge in [-0.1, -0.05) is 24.3 Å². The van der Waals surface area contributed by atoms with Gasteiger partial charge in [-0.3, -0.25) is 4.68 Å². The summed E-state index contributed by atoms with van der Waals surface area (Å²) in [7, 11) is 3.39. The highest BCUT2D eigenvalue weighted by molar-refractivity contribution is 5.63. The molecule has 34 heavy (non-hydrogen) atoms. The Balaban J connectivity index is 1.24. The number of nitrogens with one attached hydrogen (secondary N) is 1. The molecule has 4 heterocycles. The van der Waals surface area contributed by atoms with Gasteiger partial charge >= 0.3 is 0 Å². The van der Waals surface area contributed by atoms with Crippen LogP contribution in [0.25, 0.3) is 28.6 Å². The van der Waals surface area contributed by atoms with Gasteiger partial charge in [-0.25, -0.2) is 15.0 Å². The Kier molecular flexibility index (Phi) is 6.35. The number of nitrogens with zero attached hydrogens (tertiary/aromatic N) is 6. The summed E-state index contributed by atoms with van der Waals surface area (Å²) >= 11 is 0. The predicted molar refractivity (Wildman–Crippen MR) is 130 cm³/mol. The minimum atomic E-state index is 0.645. The lowest BCUT2D eigenvalue weighted by atomic mass is 10.1. The molecule has 0 radical (unpaired) electrons. The smallest absolute Gasteiger partial charge is 0.136 e. The zero-order valence-electron chi connectivity index (χ0n) is 19.3. The summed E-state index contributed by atoms with van der Waals surface area (Å²) in [6.45, 7) is 2.86. The number of hydrogen-bond donors (Lipinski definition) is 1. The highest BCUT2D eigenvalue weighted by Gasteiger charge is 2.17. The molecule has 0 saturated heterocycles. The molecule has 4 aromatic rings. The number of ether oxygens (including phenoxy) is 2. The second-order valence-corrected chi connectivity index (χ2v) is 8.04. The highest BCUT2D eigenvalue weighted by Crippen LogP contribution is 2.26. The van der Waals surface area contributed by atoms with Crippen molar-refractivity contribution < 1.29 is 9.47 Å². The van der Waals surface area contributed by atoms with Crippen LogP contribution >= 0.6 is 0 Å². The summed E-state index contributed by atoms with van der Waals surface area (Å²) in [6, 6.07) is 10.4. The Hall–Kier alpha value is -3.98. The molecule has 0 unspecified atom stereocenters. The Morgan fingerprint density at radius 1 is 1.03 bits per heavy atom. The zero-order chi connectivity index (χ0) is 23.3. The lowest BCUT2D eigenvalue weighted by Gasteiger charge is -2.16. The molecule has 3 aromatic heterocycles. The molecule has 0 aliphatic carbocycles. The van der Waals surface area contributed by atoms with E-state index in [9.17, 15) is 0 Å². The van der Waals surface area contributed by atoms with Crippen LogP contribution in [0.5, 0.6) is 0 Å². The van der Waals surface area contributed by atoms with Gasteiger partial charge in [-0.05, 0) is 11.1 Å². The molecule has 0 spiro atoms. The molecule has 0 saturated carbocycles. The maximum Gasteiger partial charge on any atom is 0.136 e. The lowest BCUT2D eigenvalue weighted by molar-refractivity contribution is 0.183. The number of fused-ring (bicyclic) bond motifs is 1. The standard InChI is InChI=1S/C25H27N7O2/c1-33-10-9-31-16-20(14-30-31)19-5-3-18(4-6-19)13-26-24-12-22(28-17-29-24)23-15-27-25-11-21(34-2)7-8-32(23)25/h3-6,11-12,14-17H,7-10,13H2,1-2H3,(H,26,28,29). The van der Waals surface area contributed by atoms with Gasteiger partial charge in [0.2, 0.25) is 0 Å². The van der Waals surface area contributed by atoms with Crippen molar-refractivity contribution in [2.75, 3.05) is 26.1 Å². The molecule has 0 fully saturated rings. The fourth-order valence-electron chi connectivity index (χ4n) is 3.97. The van der Waals surface area contributed by atoms with Crippen molar-refractivity contribution in [1.82, 2.24) is 29.3 Å². The molecular weight excluding hydrogens is 430 g/mol. The largest absolute Gasteiger partial charge is 0.501 e. The number of anilines is 1. The maximum absolute atomic E-state index is 5.37. The third kappa shape index (κ3) is 4.69. The van der Waals surface area contributed by atoms with Gasteiger partial charge in [0.1, 0.15) is 23.7 Å². The number of rotatable bonds is 9. The van der Waals surface area contributed by atoms with E-state index < -0.39 is 0 Å². The van der Waals surface area contributed by atoms with E-state index in [-0.39, 0.29) is 0 Å². The van der Waals surface area contributed by atoms with Crippen molar-refractivity contribution in [2.24, 2.45) is 0 Å². The first-order chi connectivity index (χ1) is 16.7. The second kappa shape index (κ2) is 9.88. The van der Waals surface area contributed by atoms with E-state index >= 15 is 0 Å². The average Bonchev–Trinajstić information content (AvgIpc) is 3.53. The quantitative estimate of drug-likeness (QED) is 0.408. The minimum absolute atomic E-state index is 0.645. The van der Waals surface area contributed by atoms with Gasteiger partial charge in [-0.15, -0.1) is 0 Å². The van der Waals surface area contributed by atoms with E-state index in [2.05, 4.69) is 54.2 Å². The fourth-order valence-corrected chi connectivity index (χ4v) is 3.97. The molecule has 1 aliphatic rings. The highest BCUT2D eigenvalue weighted by atomic mass is 16.5. The molecule has 0 bridgehead atoms. The Morgan fingerprint density at radius 2 is 1.91 bits per heavy atom. The molecule has 0 amide bonds. The maximum atomic E-state index is 5.37. The number of imidazole rings is 1. The fraction of sp³-hybridized carbons (Fsp3) is 0.280. The SMILES string of the molecule is COCCn1cc(-c2ccc(CNc3cc(-c4cnc5n4CCC(OC)=C5)ncn3)cc2)cn1. The topological polar surface area (TPSA) is 91.9 Å². The number of allylic oxidation sites excluding steroid dienone is 1. The van der Waals surface area contributed by atoms with Crippen LogP contribution in [0, 0.1) is 0 Å². The van der Waals surface area contributed by atoms with E-state index in [0.717, 1.165) is 65.0 Å². The van der Waals surface area contributed by atoms with Crippen LogP contribution in [0.4, 0.5) is 5.82 Å². The third-order valence-corrected chi connectivity index (χ3v) is 5.87. The first-order valence-corrected chi connectivity index (χ1v) is 11.2. The average molecular weight is 458 g/mol. The molecule has 9 heteroatoms. The molecule has 1 aliphatic heterocycles. The number of methoxy groups -OCH3 is 2. The normalized spacial score (nSPS) is 12.8. The first kappa shape index (κ1) is 21.8. The summed E-state index contributed by atoms with van der Waals surface area (Å²) in [5.41, 5.74) is 5.20. The van der Waals surface area contributed by atoms with Gasteiger partial charge in [0.15, 0.2) is 0 Å². The van der Waals surface area contributed by atoms with Crippen LogP contribution in [0.15, 0.2) is 61.0 Å². The summed E-state index contributed by atoms with van der Waals surface area (Å²) in [5.74, 6) is 2.60. The summed E-state index contributed by atoms with van der Waals surface area (Å²) < 4.78 is 14.5. The number of benzene rings is 1. The lowest BCUT2D eigenvalue weighted by Crippen LogP contribution is -2.10. The molecule has 0 atom stereocenters. The van der Waals surface area contributed by atoms with Crippen molar-refractivity contribution >= 4 is 11.9 Å². The molecular formula is C25H27N7O2. The van der Waals surface area contributed by atoms with Crippen LogP contribution < -0.4 is 5.32 Å². The van der Waals surface area contributed by atoms with Crippen LogP contribution in [0.3, 0.4) is 0 Å². The van der Waals surface area contributed by atoms with Crippen LogP contribution in [0.1, 0.15) is 17.8 Å². The Bertz CT molecular complexity index is 1290. The monoisotopic (exact) mass is 457 g/mol. The van der Waals surface area contributed by atoms with Crippen molar-refractivity contribution in [3.8, 4) is 22.5 Å². The summed E-state index contributed by atoms with van der Waals surface area (Å²) in [5, 5.41) is 7.79. The van der Waals surface area contributed by atoms with Gasteiger partial charge in [0, 0.05) is 50.5 Å². The van der Waals surface area contributed by atoms with Crippen molar-refractivity contribution in [3.05, 3.63) is 72.4 Å². The molecule has 5 rings (SSSR count). The van der Waals surface area contributed by atoms with Gasteiger partial charge in [0.25, 0.3) is 0 Å². The van der Waals surface area contributed by atoms with E-state index in [4.69, 9.17) is 9.47 Å². The predicted octanol–water partition coefficient (Wildman–Crippen LogP) is 3.85. The molecule has 9 nitrogen and oxygen atoms in total. The molecule has 1 aromatic carbocycles. The van der Waals surface area contributed by atoms with Gasteiger partial charge < -0.3 is 19.4 Å². The Morgan fingerprint density at radius 3 is 2.74 bits per heavy atom. The van der Waals surface area contributed by atoms with E-state index in [1.165, 1.54) is 0 Å². The van der Waals surface area contributed by atoms with Crippen LogP contribution in [-0.2, 0) is 29.1 Å². The second-order valence-electron chi connectivity index (χ2n) is 8.04. The van der Waals surface area contributed by atoms with Crippen molar-refractivity contribution in [1.29, 1.82) is 0 Å². The van der Waals surface area contributed by atoms with Crippen molar-refractivity contribution in [3.63, 3.8) is 0 Å². The van der Waals surface area contributed by atoms with Crippen LogP contribution in [-0.4, -0.2) is 50.1 Å². The summed E-state index contributed by atoms with van der Waals surface area (Å²) in [4.78, 5) is 13.4. The van der Waals surface area contributed by atoms with E-state index in [1.807, 2.05) is 35.4 Å². The molecule has 174 valence electrons. The van der Waals surface area contributed by atoms with Gasteiger partial charge in [-0.2, -0.15) is 5.10 Å². The van der Waals surface area contributed by atoms with Gasteiger partial charge in [0.05, 0.1) is 44.0 Å². The summed E-state index contributed by atoms with van der Waals surface area (Å²) in [6.07, 6.45) is 10.2. The van der Waals surface area contributed by atoms with Crippen LogP contribution in [0.2, 0.25) is 0 Å². The Labute approximate surface area is 198 Å². The zero-order valence-corrected chi connectivity index (χ0v) is 19.3. The third-order valence-electron chi connectivity index (χ3n) is 5.87. The van der Waals surface area contributed by atoms with Crippen molar-refractivity contribution in [2.45, 2.75) is 26.1 Å². The number of hydrogen-bond acceptors (Lipinski definition) is 7. The van der Waals surface area contributed by atoms with E-state index in [0.29, 0.717) is 13.2 Å². The number of aromatic nitrogens is 6. The first-order valence-electron chi connectivity index (χ1n) is 11.2. The van der Waals surface area contributed by atoms with E-state index in [1.54, 1.807) is 20.5 Å².